The maximum Gasteiger partial charge on any atom is 0.231 e. The molecule has 1 amide bonds. The standard InChI is InChI=1S/C13H17NO3/c1-9(2)11(15)8-13(16)14-10-6-4-5-7-12(10)17-3/h4-7,9H,8H2,1-3H3,(H,14,16). The van der Waals surface area contributed by atoms with Gasteiger partial charge >= 0.3 is 0 Å². The van der Waals surface area contributed by atoms with Crippen LogP contribution in [0.15, 0.2) is 24.3 Å². The van der Waals surface area contributed by atoms with Crippen LogP contribution in [0.4, 0.5) is 5.69 Å². The molecular weight excluding hydrogens is 218 g/mol. The van der Waals surface area contributed by atoms with Crippen LogP contribution in [0.2, 0.25) is 0 Å². The van der Waals surface area contributed by atoms with E-state index in [9.17, 15) is 9.59 Å². The highest BCUT2D eigenvalue weighted by Gasteiger charge is 2.14. The fraction of sp³-hybridized carbons (Fsp3) is 0.385. The van der Waals surface area contributed by atoms with Crippen LogP contribution in [0.25, 0.3) is 0 Å². The second kappa shape index (κ2) is 6.03. The summed E-state index contributed by atoms with van der Waals surface area (Å²) in [6.45, 7) is 3.55. The number of benzene rings is 1. The minimum Gasteiger partial charge on any atom is -0.495 e. The molecule has 0 saturated heterocycles. The first-order valence-electron chi connectivity index (χ1n) is 5.50. The van der Waals surface area contributed by atoms with Gasteiger partial charge in [0, 0.05) is 5.92 Å². The topological polar surface area (TPSA) is 55.4 Å². The van der Waals surface area contributed by atoms with Crippen molar-refractivity contribution in [1.29, 1.82) is 0 Å². The smallest absolute Gasteiger partial charge is 0.231 e. The fourth-order valence-electron chi connectivity index (χ4n) is 1.30. The molecule has 0 aliphatic heterocycles. The zero-order valence-corrected chi connectivity index (χ0v) is 10.3. The van der Waals surface area contributed by atoms with Crippen molar-refractivity contribution in [1.82, 2.24) is 0 Å². The van der Waals surface area contributed by atoms with Crippen LogP contribution in [0.5, 0.6) is 5.75 Å². The average molecular weight is 235 g/mol. The van der Waals surface area contributed by atoms with E-state index in [1.807, 2.05) is 6.07 Å². The summed E-state index contributed by atoms with van der Waals surface area (Å²) in [5.41, 5.74) is 0.580. The van der Waals surface area contributed by atoms with E-state index in [2.05, 4.69) is 5.32 Å². The number of ketones is 1. The molecule has 1 aromatic rings. The van der Waals surface area contributed by atoms with Gasteiger partial charge in [-0.1, -0.05) is 26.0 Å². The van der Waals surface area contributed by atoms with Crippen molar-refractivity contribution >= 4 is 17.4 Å². The number of rotatable bonds is 5. The van der Waals surface area contributed by atoms with Crippen molar-refractivity contribution in [2.75, 3.05) is 12.4 Å². The van der Waals surface area contributed by atoms with E-state index in [0.29, 0.717) is 11.4 Å². The quantitative estimate of drug-likeness (QED) is 0.796. The minimum atomic E-state index is -0.312. The van der Waals surface area contributed by atoms with Crippen molar-refractivity contribution < 1.29 is 14.3 Å². The van der Waals surface area contributed by atoms with Gasteiger partial charge in [-0.05, 0) is 12.1 Å². The van der Waals surface area contributed by atoms with Crippen LogP contribution < -0.4 is 10.1 Å². The summed E-state index contributed by atoms with van der Waals surface area (Å²) < 4.78 is 5.10. The normalized spacial score (nSPS) is 10.1. The monoisotopic (exact) mass is 235 g/mol. The fourth-order valence-corrected chi connectivity index (χ4v) is 1.30. The maximum absolute atomic E-state index is 11.6. The van der Waals surface area contributed by atoms with E-state index < -0.39 is 0 Å². The van der Waals surface area contributed by atoms with Gasteiger partial charge in [0.1, 0.15) is 11.5 Å². The molecule has 0 fully saturated rings. The van der Waals surface area contributed by atoms with E-state index in [-0.39, 0.29) is 24.0 Å². The van der Waals surface area contributed by atoms with Crippen molar-refractivity contribution in [3.63, 3.8) is 0 Å². The number of hydrogen-bond acceptors (Lipinski definition) is 3. The molecular formula is C13H17NO3. The number of Topliss-reactive ketones (excluding diaryl/α,β-unsaturated/α-hetero) is 1. The Bertz CT molecular complexity index is 413. The van der Waals surface area contributed by atoms with E-state index in [4.69, 9.17) is 4.74 Å². The molecule has 0 aliphatic carbocycles. The van der Waals surface area contributed by atoms with Gasteiger partial charge in [-0.3, -0.25) is 9.59 Å². The zero-order valence-electron chi connectivity index (χ0n) is 10.3. The average Bonchev–Trinajstić information content (AvgIpc) is 2.29. The Morgan fingerprint density at radius 3 is 2.53 bits per heavy atom. The minimum absolute atomic E-state index is 0.0719. The van der Waals surface area contributed by atoms with Gasteiger partial charge < -0.3 is 10.1 Å². The molecule has 0 bridgehead atoms. The Hall–Kier alpha value is -1.84. The van der Waals surface area contributed by atoms with Crippen LogP contribution >= 0.6 is 0 Å². The predicted molar refractivity (Wildman–Crippen MR) is 66.1 cm³/mol. The van der Waals surface area contributed by atoms with Gasteiger partial charge in [-0.2, -0.15) is 0 Å². The van der Waals surface area contributed by atoms with Crippen molar-refractivity contribution in [3.8, 4) is 5.75 Å². The van der Waals surface area contributed by atoms with E-state index in [0.717, 1.165) is 0 Å². The summed E-state index contributed by atoms with van der Waals surface area (Å²) in [6, 6.07) is 7.09. The molecule has 1 rings (SSSR count). The summed E-state index contributed by atoms with van der Waals surface area (Å²) in [5.74, 6) is 0.0712. The second-order valence-electron chi connectivity index (χ2n) is 4.05. The molecule has 4 nitrogen and oxygen atoms in total. The van der Waals surface area contributed by atoms with Crippen LogP contribution in [-0.4, -0.2) is 18.8 Å². The Morgan fingerprint density at radius 1 is 1.29 bits per heavy atom. The largest absolute Gasteiger partial charge is 0.495 e. The molecule has 17 heavy (non-hydrogen) atoms. The Balaban J connectivity index is 2.65. The molecule has 1 N–H and O–H groups in total. The van der Waals surface area contributed by atoms with Gasteiger partial charge in [0.05, 0.1) is 19.2 Å². The molecule has 0 aromatic heterocycles. The Labute approximate surface area is 101 Å². The molecule has 4 heteroatoms. The van der Waals surface area contributed by atoms with Crippen molar-refractivity contribution in [2.24, 2.45) is 5.92 Å². The molecule has 0 radical (unpaired) electrons. The number of anilines is 1. The summed E-state index contributed by atoms with van der Waals surface area (Å²) in [7, 11) is 1.53. The zero-order chi connectivity index (χ0) is 12.8. The summed E-state index contributed by atoms with van der Waals surface area (Å²) >= 11 is 0. The van der Waals surface area contributed by atoms with Crippen LogP contribution in [0.3, 0.4) is 0 Å². The number of amides is 1. The lowest BCUT2D eigenvalue weighted by Crippen LogP contribution is -2.19. The highest BCUT2D eigenvalue weighted by molar-refractivity contribution is 6.05. The molecule has 0 saturated carbocycles. The Morgan fingerprint density at radius 2 is 1.94 bits per heavy atom. The van der Waals surface area contributed by atoms with E-state index >= 15 is 0 Å². The lowest BCUT2D eigenvalue weighted by Gasteiger charge is -2.10. The number of ether oxygens (including phenoxy) is 1. The number of carbonyl (C=O) groups excluding carboxylic acids is 2. The number of methoxy groups -OCH3 is 1. The first-order valence-corrected chi connectivity index (χ1v) is 5.50. The lowest BCUT2D eigenvalue weighted by atomic mass is 10.1. The number of carbonyl (C=O) groups is 2. The first-order chi connectivity index (χ1) is 8.04. The van der Waals surface area contributed by atoms with Crippen LogP contribution in [0, 0.1) is 5.92 Å². The van der Waals surface area contributed by atoms with Gasteiger partial charge in [0.2, 0.25) is 5.91 Å². The summed E-state index contributed by atoms with van der Waals surface area (Å²) in [4.78, 5) is 23.0. The lowest BCUT2D eigenvalue weighted by molar-refractivity contribution is -0.127. The Kier molecular flexibility index (Phi) is 4.69. The SMILES string of the molecule is COc1ccccc1NC(=O)CC(=O)C(C)C. The number of hydrogen-bond donors (Lipinski definition) is 1. The molecule has 0 spiro atoms. The highest BCUT2D eigenvalue weighted by Crippen LogP contribution is 2.23. The van der Waals surface area contributed by atoms with Gasteiger partial charge in [-0.15, -0.1) is 0 Å². The van der Waals surface area contributed by atoms with Crippen molar-refractivity contribution in [3.05, 3.63) is 24.3 Å². The van der Waals surface area contributed by atoms with Gasteiger partial charge in [0.25, 0.3) is 0 Å². The number of nitrogens with one attached hydrogen (secondary N) is 1. The van der Waals surface area contributed by atoms with Gasteiger partial charge in [-0.25, -0.2) is 0 Å². The predicted octanol–water partition coefficient (Wildman–Crippen LogP) is 2.25. The summed E-state index contributed by atoms with van der Waals surface area (Å²) in [5, 5.41) is 2.66. The second-order valence-corrected chi connectivity index (χ2v) is 4.05. The van der Waals surface area contributed by atoms with E-state index in [1.54, 1.807) is 32.0 Å². The molecule has 1 aromatic carbocycles. The highest BCUT2D eigenvalue weighted by atomic mass is 16.5. The molecule has 0 unspecified atom stereocenters. The third-order valence-corrected chi connectivity index (χ3v) is 2.36. The maximum atomic E-state index is 11.6. The summed E-state index contributed by atoms with van der Waals surface area (Å²) in [6.07, 6.45) is -0.101. The number of para-hydroxylation sites is 2. The molecule has 0 atom stereocenters. The third kappa shape index (κ3) is 3.90. The van der Waals surface area contributed by atoms with Crippen LogP contribution in [-0.2, 0) is 9.59 Å². The van der Waals surface area contributed by atoms with Crippen LogP contribution in [0.1, 0.15) is 20.3 Å². The molecule has 0 heterocycles. The molecule has 0 aliphatic rings. The van der Waals surface area contributed by atoms with E-state index in [1.165, 1.54) is 7.11 Å². The third-order valence-electron chi connectivity index (χ3n) is 2.36. The molecule has 92 valence electrons. The first kappa shape index (κ1) is 13.2. The van der Waals surface area contributed by atoms with Crippen molar-refractivity contribution in [2.45, 2.75) is 20.3 Å². The van der Waals surface area contributed by atoms with Gasteiger partial charge in [0.15, 0.2) is 0 Å².